The van der Waals surface area contributed by atoms with E-state index in [1.165, 1.54) is 19.3 Å². The zero-order valence-corrected chi connectivity index (χ0v) is 15.7. The van der Waals surface area contributed by atoms with E-state index in [0.717, 1.165) is 18.8 Å². The minimum atomic E-state index is 0.107. The van der Waals surface area contributed by atoms with Gasteiger partial charge in [0.25, 0.3) is 0 Å². The van der Waals surface area contributed by atoms with Crippen molar-refractivity contribution in [3.8, 4) is 17.2 Å². The van der Waals surface area contributed by atoms with Crippen molar-refractivity contribution in [1.29, 1.82) is 0 Å². The van der Waals surface area contributed by atoms with Crippen molar-refractivity contribution in [2.24, 2.45) is 0 Å². The zero-order valence-electron chi connectivity index (χ0n) is 15.7. The van der Waals surface area contributed by atoms with E-state index in [-0.39, 0.29) is 6.10 Å². The lowest BCUT2D eigenvalue weighted by atomic mass is 10.1. The molecule has 1 fully saturated rings. The van der Waals surface area contributed by atoms with Crippen LogP contribution in [0.1, 0.15) is 33.1 Å². The molecule has 2 aromatic rings. The number of benzene rings is 2. The highest BCUT2D eigenvalue weighted by atomic mass is 16.5. The molecule has 0 saturated carbocycles. The molecule has 0 aromatic heterocycles. The standard InChI is InChI=1S/C21H29N3O2/c1-15(24-11-4-3-5-12-24)16(2)25-17-7-6-8-18(13-17)26-19-9-10-20(22)21(23)14-19/h6-10,13-16H,3-5,11-12,22-23H2,1-2H3. The van der Waals surface area contributed by atoms with Crippen molar-refractivity contribution < 1.29 is 9.47 Å². The largest absolute Gasteiger partial charge is 0.489 e. The molecule has 0 aliphatic carbocycles. The summed E-state index contributed by atoms with van der Waals surface area (Å²) in [6.45, 7) is 6.70. The van der Waals surface area contributed by atoms with Gasteiger partial charge in [0, 0.05) is 18.2 Å². The first kappa shape index (κ1) is 18.4. The Morgan fingerprint density at radius 1 is 0.846 bits per heavy atom. The molecule has 5 nitrogen and oxygen atoms in total. The highest BCUT2D eigenvalue weighted by molar-refractivity contribution is 5.65. The summed E-state index contributed by atoms with van der Waals surface area (Å²) in [7, 11) is 0. The fraction of sp³-hybridized carbons (Fsp3) is 0.429. The van der Waals surface area contributed by atoms with Crippen LogP contribution in [0.2, 0.25) is 0 Å². The van der Waals surface area contributed by atoms with Crippen LogP contribution in [0.25, 0.3) is 0 Å². The number of nitrogen functional groups attached to an aromatic ring is 2. The van der Waals surface area contributed by atoms with Crippen LogP contribution in [0.4, 0.5) is 11.4 Å². The van der Waals surface area contributed by atoms with Gasteiger partial charge in [-0.2, -0.15) is 0 Å². The minimum Gasteiger partial charge on any atom is -0.489 e. The van der Waals surface area contributed by atoms with E-state index < -0.39 is 0 Å². The van der Waals surface area contributed by atoms with Crippen LogP contribution in [0.15, 0.2) is 42.5 Å². The predicted octanol–water partition coefficient (Wildman–Crippen LogP) is 4.29. The normalized spacial score (nSPS) is 17.5. The van der Waals surface area contributed by atoms with Crippen molar-refractivity contribution in [1.82, 2.24) is 4.90 Å². The second-order valence-corrected chi connectivity index (χ2v) is 7.03. The van der Waals surface area contributed by atoms with Crippen LogP contribution < -0.4 is 20.9 Å². The molecule has 0 bridgehead atoms. The monoisotopic (exact) mass is 355 g/mol. The van der Waals surface area contributed by atoms with E-state index in [1.54, 1.807) is 18.2 Å². The van der Waals surface area contributed by atoms with E-state index in [0.29, 0.717) is 28.9 Å². The van der Waals surface area contributed by atoms with Gasteiger partial charge in [-0.05, 0) is 64.0 Å². The first-order valence-corrected chi connectivity index (χ1v) is 9.36. The number of piperidine rings is 1. The highest BCUT2D eigenvalue weighted by Gasteiger charge is 2.23. The van der Waals surface area contributed by atoms with Crippen LogP contribution >= 0.6 is 0 Å². The summed E-state index contributed by atoms with van der Waals surface area (Å²) in [6, 6.07) is 13.4. The Bertz CT molecular complexity index is 729. The lowest BCUT2D eigenvalue weighted by Crippen LogP contribution is -2.45. The average Bonchev–Trinajstić information content (AvgIpc) is 2.65. The summed E-state index contributed by atoms with van der Waals surface area (Å²) in [5.74, 6) is 2.18. The topological polar surface area (TPSA) is 73.7 Å². The number of hydrogen-bond acceptors (Lipinski definition) is 5. The van der Waals surface area contributed by atoms with Gasteiger partial charge in [-0.25, -0.2) is 0 Å². The molecule has 0 amide bonds. The Morgan fingerprint density at radius 3 is 2.27 bits per heavy atom. The van der Waals surface area contributed by atoms with Crippen LogP contribution in [0.3, 0.4) is 0 Å². The number of likely N-dealkylation sites (tertiary alicyclic amines) is 1. The molecule has 0 radical (unpaired) electrons. The third kappa shape index (κ3) is 4.61. The third-order valence-corrected chi connectivity index (χ3v) is 5.07. The number of nitrogens with two attached hydrogens (primary N) is 2. The Hall–Kier alpha value is -2.40. The molecule has 4 N–H and O–H groups in total. The Kier molecular flexibility index (Phi) is 5.89. The maximum Gasteiger partial charge on any atom is 0.131 e. The Morgan fingerprint density at radius 2 is 1.54 bits per heavy atom. The summed E-state index contributed by atoms with van der Waals surface area (Å²) in [4.78, 5) is 2.52. The van der Waals surface area contributed by atoms with Crippen LogP contribution in [0.5, 0.6) is 17.2 Å². The van der Waals surface area contributed by atoms with E-state index >= 15 is 0 Å². The number of anilines is 2. The molecule has 2 unspecified atom stereocenters. The molecule has 0 spiro atoms. The van der Waals surface area contributed by atoms with Crippen LogP contribution in [-0.4, -0.2) is 30.1 Å². The molecule has 1 saturated heterocycles. The zero-order chi connectivity index (χ0) is 18.5. The Balaban J connectivity index is 1.63. The molecule has 26 heavy (non-hydrogen) atoms. The second kappa shape index (κ2) is 8.32. The average molecular weight is 355 g/mol. The summed E-state index contributed by atoms with van der Waals surface area (Å²) < 4.78 is 12.1. The minimum absolute atomic E-state index is 0.107. The number of nitrogens with zero attached hydrogens (tertiary/aromatic N) is 1. The van der Waals surface area contributed by atoms with Gasteiger partial charge in [0.2, 0.25) is 0 Å². The predicted molar refractivity (Wildman–Crippen MR) is 107 cm³/mol. The van der Waals surface area contributed by atoms with Crippen molar-refractivity contribution in [3.05, 3.63) is 42.5 Å². The first-order valence-electron chi connectivity index (χ1n) is 9.36. The third-order valence-electron chi connectivity index (χ3n) is 5.07. The van der Waals surface area contributed by atoms with Gasteiger partial charge >= 0.3 is 0 Å². The molecule has 1 heterocycles. The number of hydrogen-bond donors (Lipinski definition) is 2. The van der Waals surface area contributed by atoms with Gasteiger partial charge < -0.3 is 20.9 Å². The fourth-order valence-corrected chi connectivity index (χ4v) is 3.30. The van der Waals surface area contributed by atoms with Crippen LogP contribution in [0, 0.1) is 0 Å². The van der Waals surface area contributed by atoms with E-state index in [9.17, 15) is 0 Å². The van der Waals surface area contributed by atoms with Crippen molar-refractivity contribution in [2.75, 3.05) is 24.6 Å². The highest BCUT2D eigenvalue weighted by Crippen LogP contribution is 2.29. The van der Waals surface area contributed by atoms with Gasteiger partial charge in [-0.1, -0.05) is 12.5 Å². The quantitative estimate of drug-likeness (QED) is 0.756. The van der Waals surface area contributed by atoms with Crippen LogP contribution in [-0.2, 0) is 0 Å². The maximum atomic E-state index is 6.18. The molecule has 2 aromatic carbocycles. The smallest absolute Gasteiger partial charge is 0.131 e. The maximum absolute atomic E-state index is 6.18. The molecular formula is C21H29N3O2. The molecule has 3 rings (SSSR count). The van der Waals surface area contributed by atoms with Gasteiger partial charge in [-0.3, -0.25) is 4.90 Å². The Labute approximate surface area is 155 Å². The lowest BCUT2D eigenvalue weighted by Gasteiger charge is -2.35. The number of rotatable bonds is 6. The van der Waals surface area contributed by atoms with Gasteiger partial charge in [0.1, 0.15) is 23.4 Å². The second-order valence-electron chi connectivity index (χ2n) is 7.03. The summed E-state index contributed by atoms with van der Waals surface area (Å²) in [6.07, 6.45) is 4.01. The first-order chi connectivity index (χ1) is 12.5. The van der Waals surface area contributed by atoms with Gasteiger partial charge in [-0.15, -0.1) is 0 Å². The number of ether oxygens (including phenoxy) is 2. The van der Waals surface area contributed by atoms with Gasteiger partial charge in [0.05, 0.1) is 11.4 Å². The van der Waals surface area contributed by atoms with E-state index in [2.05, 4.69) is 18.7 Å². The summed E-state index contributed by atoms with van der Waals surface area (Å²) >= 11 is 0. The fourth-order valence-electron chi connectivity index (χ4n) is 3.30. The molecule has 140 valence electrons. The van der Waals surface area contributed by atoms with Crippen molar-refractivity contribution >= 4 is 11.4 Å². The summed E-state index contributed by atoms with van der Waals surface area (Å²) in [5.41, 5.74) is 12.6. The summed E-state index contributed by atoms with van der Waals surface area (Å²) in [5, 5.41) is 0. The molecule has 1 aliphatic rings. The van der Waals surface area contributed by atoms with E-state index in [1.807, 2.05) is 24.3 Å². The SMILES string of the molecule is CC(Oc1cccc(Oc2ccc(N)c(N)c2)c1)C(C)N1CCCCC1. The van der Waals surface area contributed by atoms with Crippen molar-refractivity contribution in [3.63, 3.8) is 0 Å². The lowest BCUT2D eigenvalue weighted by molar-refractivity contribution is 0.0738. The van der Waals surface area contributed by atoms with E-state index in [4.69, 9.17) is 20.9 Å². The molecular weight excluding hydrogens is 326 g/mol. The van der Waals surface area contributed by atoms with Gasteiger partial charge in [0.15, 0.2) is 0 Å². The molecule has 1 aliphatic heterocycles. The molecule has 2 atom stereocenters. The molecule has 5 heteroatoms. The van der Waals surface area contributed by atoms with Crippen molar-refractivity contribution in [2.45, 2.75) is 45.3 Å².